The van der Waals surface area contributed by atoms with E-state index in [9.17, 15) is 4.39 Å². The molecule has 20 heavy (non-hydrogen) atoms. The molecule has 1 nitrogen and oxygen atoms in total. The van der Waals surface area contributed by atoms with Crippen molar-refractivity contribution in [3.8, 4) is 5.75 Å². The summed E-state index contributed by atoms with van der Waals surface area (Å²) in [7, 11) is 1.48. The van der Waals surface area contributed by atoms with Gasteiger partial charge in [-0.15, -0.1) is 0 Å². The first kappa shape index (κ1) is 15.0. The average molecular weight is 337 g/mol. The summed E-state index contributed by atoms with van der Waals surface area (Å²) in [5.74, 6) is -0.0471. The van der Waals surface area contributed by atoms with Crippen molar-refractivity contribution in [3.63, 3.8) is 0 Å². The van der Waals surface area contributed by atoms with Gasteiger partial charge in [0.15, 0.2) is 11.6 Å². The summed E-state index contributed by atoms with van der Waals surface area (Å²) in [5, 5.41) is 0. The molecule has 0 aliphatic heterocycles. The van der Waals surface area contributed by atoms with Crippen LogP contribution in [0.15, 0.2) is 36.4 Å². The number of alkyl halides is 1. The lowest BCUT2D eigenvalue weighted by Crippen LogP contribution is -1.98. The minimum Gasteiger partial charge on any atom is -0.494 e. The summed E-state index contributed by atoms with van der Waals surface area (Å²) >= 11 is 3.68. The molecule has 1 atom stereocenters. The van der Waals surface area contributed by atoms with Gasteiger partial charge in [-0.2, -0.15) is 0 Å². The Morgan fingerprint density at radius 2 is 1.85 bits per heavy atom. The van der Waals surface area contributed by atoms with Gasteiger partial charge in [0, 0.05) is 4.83 Å². The molecule has 0 saturated heterocycles. The van der Waals surface area contributed by atoms with Gasteiger partial charge in [0.05, 0.1) is 7.11 Å². The highest BCUT2D eigenvalue weighted by molar-refractivity contribution is 9.09. The van der Waals surface area contributed by atoms with E-state index in [4.69, 9.17) is 4.74 Å². The second kappa shape index (κ2) is 6.40. The molecule has 0 aliphatic carbocycles. The van der Waals surface area contributed by atoms with Crippen molar-refractivity contribution in [2.24, 2.45) is 0 Å². The van der Waals surface area contributed by atoms with Crippen molar-refractivity contribution in [1.29, 1.82) is 0 Å². The molecule has 2 rings (SSSR count). The summed E-state index contributed by atoms with van der Waals surface area (Å²) in [4.78, 5) is 0.138. The Morgan fingerprint density at radius 1 is 1.10 bits per heavy atom. The van der Waals surface area contributed by atoms with E-state index in [-0.39, 0.29) is 16.4 Å². The van der Waals surface area contributed by atoms with E-state index in [1.807, 2.05) is 0 Å². The molecule has 0 aromatic heterocycles. The van der Waals surface area contributed by atoms with Crippen molar-refractivity contribution in [1.82, 2.24) is 0 Å². The van der Waals surface area contributed by atoms with Gasteiger partial charge < -0.3 is 4.74 Å². The van der Waals surface area contributed by atoms with Crippen LogP contribution in [-0.2, 0) is 6.42 Å². The van der Waals surface area contributed by atoms with Gasteiger partial charge in [0.1, 0.15) is 0 Å². The van der Waals surface area contributed by atoms with Gasteiger partial charge in [-0.05, 0) is 54.7 Å². The van der Waals surface area contributed by atoms with E-state index >= 15 is 0 Å². The van der Waals surface area contributed by atoms with E-state index in [2.05, 4.69) is 48.0 Å². The SMILES string of the molecule is COc1cc(C(Br)Cc2ccc(C)c(C)c2)ccc1F. The highest BCUT2D eigenvalue weighted by Crippen LogP contribution is 2.31. The van der Waals surface area contributed by atoms with Crippen LogP contribution in [-0.4, -0.2) is 7.11 Å². The molecule has 0 spiro atoms. The highest BCUT2D eigenvalue weighted by atomic mass is 79.9. The fraction of sp³-hybridized carbons (Fsp3) is 0.294. The van der Waals surface area contributed by atoms with Crippen molar-refractivity contribution < 1.29 is 9.13 Å². The summed E-state index contributed by atoms with van der Waals surface area (Å²) in [6.45, 7) is 4.22. The monoisotopic (exact) mass is 336 g/mol. The lowest BCUT2D eigenvalue weighted by atomic mass is 10.0. The first-order valence-corrected chi connectivity index (χ1v) is 7.46. The van der Waals surface area contributed by atoms with E-state index in [1.54, 1.807) is 12.1 Å². The van der Waals surface area contributed by atoms with Crippen LogP contribution in [0.4, 0.5) is 4.39 Å². The summed E-state index contributed by atoms with van der Waals surface area (Å²) in [6, 6.07) is 11.5. The van der Waals surface area contributed by atoms with Gasteiger partial charge in [0.25, 0.3) is 0 Å². The molecule has 0 bridgehead atoms. The van der Waals surface area contributed by atoms with Gasteiger partial charge in [-0.3, -0.25) is 0 Å². The van der Waals surface area contributed by atoms with E-state index < -0.39 is 0 Å². The molecule has 0 heterocycles. The van der Waals surface area contributed by atoms with E-state index in [1.165, 1.54) is 29.9 Å². The standard InChI is InChI=1S/C17H18BrFO/c1-11-4-5-13(8-12(11)2)9-15(18)14-6-7-16(19)17(10-14)20-3/h4-8,10,15H,9H2,1-3H3. The zero-order valence-corrected chi connectivity index (χ0v) is 13.5. The highest BCUT2D eigenvalue weighted by Gasteiger charge is 2.12. The molecule has 2 aromatic rings. The first-order chi connectivity index (χ1) is 9.51. The van der Waals surface area contributed by atoms with Gasteiger partial charge in [0.2, 0.25) is 0 Å². The predicted molar refractivity (Wildman–Crippen MR) is 84.2 cm³/mol. The number of hydrogen-bond donors (Lipinski definition) is 0. The molecule has 0 saturated carbocycles. The zero-order chi connectivity index (χ0) is 14.7. The Kier molecular flexibility index (Phi) is 4.81. The van der Waals surface area contributed by atoms with Crippen molar-refractivity contribution in [2.45, 2.75) is 25.1 Å². The minimum absolute atomic E-state index is 0.138. The lowest BCUT2D eigenvalue weighted by Gasteiger charge is -2.13. The van der Waals surface area contributed by atoms with Crippen LogP contribution in [0.2, 0.25) is 0 Å². The van der Waals surface area contributed by atoms with Gasteiger partial charge >= 0.3 is 0 Å². The Morgan fingerprint density at radius 3 is 2.50 bits per heavy atom. The third-order valence-electron chi connectivity index (χ3n) is 3.52. The largest absolute Gasteiger partial charge is 0.494 e. The zero-order valence-electron chi connectivity index (χ0n) is 11.9. The average Bonchev–Trinajstić information content (AvgIpc) is 2.43. The third kappa shape index (κ3) is 3.40. The maximum atomic E-state index is 13.4. The number of methoxy groups -OCH3 is 1. The second-order valence-corrected chi connectivity index (χ2v) is 6.09. The molecule has 0 amide bonds. The van der Waals surface area contributed by atoms with Crippen LogP contribution in [0.3, 0.4) is 0 Å². The van der Waals surface area contributed by atoms with Crippen LogP contribution in [0, 0.1) is 19.7 Å². The third-order valence-corrected chi connectivity index (χ3v) is 4.38. The maximum absolute atomic E-state index is 13.4. The summed E-state index contributed by atoms with van der Waals surface area (Å²) in [6.07, 6.45) is 0.857. The molecular weight excluding hydrogens is 319 g/mol. The summed E-state index contributed by atoms with van der Waals surface area (Å²) in [5.41, 5.74) is 4.86. The van der Waals surface area contributed by atoms with Crippen LogP contribution >= 0.6 is 15.9 Å². The molecule has 3 heteroatoms. The van der Waals surface area contributed by atoms with Crippen molar-refractivity contribution in [3.05, 3.63) is 64.5 Å². The van der Waals surface area contributed by atoms with Crippen LogP contribution < -0.4 is 4.74 Å². The summed E-state index contributed by atoms with van der Waals surface area (Å²) < 4.78 is 18.4. The molecule has 0 N–H and O–H groups in total. The Hall–Kier alpha value is -1.35. The van der Waals surface area contributed by atoms with Crippen LogP contribution in [0.1, 0.15) is 27.1 Å². The lowest BCUT2D eigenvalue weighted by molar-refractivity contribution is 0.386. The Balaban J connectivity index is 2.19. The molecular formula is C17H18BrFO. The number of rotatable bonds is 4. The smallest absolute Gasteiger partial charge is 0.165 e. The molecule has 2 aromatic carbocycles. The fourth-order valence-electron chi connectivity index (χ4n) is 2.13. The van der Waals surface area contributed by atoms with Crippen molar-refractivity contribution >= 4 is 15.9 Å². The molecule has 0 aliphatic rings. The van der Waals surface area contributed by atoms with E-state index in [0.29, 0.717) is 0 Å². The number of halogens is 2. The predicted octanol–water partition coefficient (Wildman–Crippen LogP) is 5.13. The first-order valence-electron chi connectivity index (χ1n) is 6.55. The topological polar surface area (TPSA) is 9.23 Å². The number of aryl methyl sites for hydroxylation is 2. The molecule has 1 unspecified atom stereocenters. The van der Waals surface area contributed by atoms with Gasteiger partial charge in [-0.25, -0.2) is 4.39 Å². The number of hydrogen-bond acceptors (Lipinski definition) is 1. The van der Waals surface area contributed by atoms with E-state index in [0.717, 1.165) is 12.0 Å². The Labute approximate surface area is 127 Å². The quantitative estimate of drug-likeness (QED) is 0.703. The number of ether oxygens (including phenoxy) is 1. The molecule has 106 valence electrons. The molecule has 0 radical (unpaired) electrons. The van der Waals surface area contributed by atoms with Crippen LogP contribution in [0.5, 0.6) is 5.75 Å². The molecule has 0 fully saturated rings. The van der Waals surface area contributed by atoms with Crippen molar-refractivity contribution in [2.75, 3.05) is 7.11 Å². The van der Waals surface area contributed by atoms with Crippen LogP contribution in [0.25, 0.3) is 0 Å². The normalized spacial score (nSPS) is 12.2. The second-order valence-electron chi connectivity index (χ2n) is 4.98. The maximum Gasteiger partial charge on any atom is 0.165 e. The number of benzene rings is 2. The Bertz CT molecular complexity index is 610. The van der Waals surface area contributed by atoms with Gasteiger partial charge in [-0.1, -0.05) is 40.2 Å². The fourth-order valence-corrected chi connectivity index (χ4v) is 2.79. The minimum atomic E-state index is -0.331.